The first-order chi connectivity index (χ1) is 34.8. The molecule has 22 heteroatoms. The molecule has 1 heterocycles. The third-order valence-corrected chi connectivity index (χ3v) is 11.9. The third kappa shape index (κ3) is 30.1. The summed E-state index contributed by atoms with van der Waals surface area (Å²) in [5.74, 6) is 2.54. The van der Waals surface area contributed by atoms with Crippen molar-refractivity contribution >= 4 is 65.0 Å². The van der Waals surface area contributed by atoms with Crippen LogP contribution in [0.1, 0.15) is 175 Å². The Hall–Kier alpha value is -6.71. The molecule has 0 aromatic carbocycles. The number of carboxylic acid groups (broad SMARTS) is 1. The Kier molecular flexibility index (Phi) is 33.5. The number of amides is 10. The van der Waals surface area contributed by atoms with Crippen molar-refractivity contribution in [2.75, 3.05) is 19.6 Å². The summed E-state index contributed by atoms with van der Waals surface area (Å²) in [6.45, 7) is 4.96. The second kappa shape index (κ2) is 38.0. The van der Waals surface area contributed by atoms with Crippen LogP contribution in [-0.2, 0) is 52.7 Å². The fourth-order valence-corrected chi connectivity index (χ4v) is 7.72. The molecule has 0 aromatic heterocycles. The third-order valence-electron chi connectivity index (χ3n) is 11.9. The molecule has 1 fully saturated rings. The van der Waals surface area contributed by atoms with Gasteiger partial charge in [0.2, 0.25) is 59.1 Å². The zero-order chi connectivity index (χ0) is 54.6. The molecule has 0 radical (unpaired) electrons. The SMILES string of the molecule is CCCCCCCCCCCCC#CC#CCCCCCCCCC(=O)NCC(=O)N[C@@H](C)C(=O)N[C@@H](CC(N)=O)C(=O)N1CCC[C@H]1C(=O)N[C@@H](CC(N)=O)C(=O)N[C@@H](C)C(=O)N[C@@H](C)C(=O)NCC(=O)O. The summed E-state index contributed by atoms with van der Waals surface area (Å²) >= 11 is 0. The van der Waals surface area contributed by atoms with Crippen molar-refractivity contribution in [1.82, 2.24) is 42.1 Å². The predicted octanol–water partition coefficient (Wildman–Crippen LogP) is 0.967. The standard InChI is InChI=1S/C51H82N10O12/c1-5-6-7-8-9-10-11-12-13-14-15-16-17-18-19-20-21-22-23-24-25-26-29-43(64)54-33-44(65)56-36(3)48(70)60-39(32-42(53)63)51(73)61-30-27-28-40(61)50(72)59-38(31-41(52)62)49(71)58-37(4)47(69)57-35(2)46(68)55-34-45(66)67/h35-40H,5-15,20-34H2,1-4H3,(H2,52,62)(H2,53,63)(H,54,64)(H,55,68)(H,56,65)(H,57,69)(H,58,71)(H,59,72)(H,60,70)(H,66,67)/t35-,36-,37-,38-,39-,40-/m0/s1. The number of nitrogens with zero attached hydrogens (tertiary/aromatic N) is 1. The van der Waals surface area contributed by atoms with Gasteiger partial charge in [-0.3, -0.25) is 52.7 Å². The number of carboxylic acids is 1. The average Bonchev–Trinajstić information content (AvgIpc) is 3.83. The molecule has 0 unspecified atom stereocenters. The monoisotopic (exact) mass is 1030 g/mol. The first kappa shape index (κ1) is 64.3. The summed E-state index contributed by atoms with van der Waals surface area (Å²) in [5.41, 5.74) is 10.7. The Morgan fingerprint density at radius 2 is 1.03 bits per heavy atom. The van der Waals surface area contributed by atoms with Crippen LogP contribution in [-0.4, -0.2) is 131 Å². The van der Waals surface area contributed by atoms with Crippen molar-refractivity contribution in [3.8, 4) is 23.7 Å². The molecule has 0 saturated carbocycles. The van der Waals surface area contributed by atoms with Crippen LogP contribution >= 0.6 is 0 Å². The molecule has 0 aliphatic carbocycles. The van der Waals surface area contributed by atoms with Crippen LogP contribution in [0.15, 0.2) is 0 Å². The van der Waals surface area contributed by atoms with Gasteiger partial charge in [0.15, 0.2) is 0 Å². The number of nitrogens with one attached hydrogen (secondary N) is 7. The molecule has 1 aliphatic rings. The highest BCUT2D eigenvalue weighted by Gasteiger charge is 2.40. The zero-order valence-corrected chi connectivity index (χ0v) is 43.4. The molecule has 1 aliphatic heterocycles. The molecule has 408 valence electrons. The molecule has 0 aromatic rings. The summed E-state index contributed by atoms with van der Waals surface area (Å²) in [7, 11) is 0. The quantitative estimate of drug-likeness (QED) is 0.0308. The van der Waals surface area contributed by atoms with Crippen LogP contribution in [0.2, 0.25) is 0 Å². The highest BCUT2D eigenvalue weighted by atomic mass is 16.4. The number of likely N-dealkylation sites (tertiary alicyclic amines) is 1. The maximum absolute atomic E-state index is 13.8. The van der Waals surface area contributed by atoms with Gasteiger partial charge in [-0.05, 0) is 64.7 Å². The number of hydrogen-bond donors (Lipinski definition) is 10. The summed E-state index contributed by atoms with van der Waals surface area (Å²) in [4.78, 5) is 139. The van der Waals surface area contributed by atoms with Crippen LogP contribution in [0.3, 0.4) is 0 Å². The van der Waals surface area contributed by atoms with E-state index in [0.29, 0.717) is 6.42 Å². The smallest absolute Gasteiger partial charge is 0.322 e. The lowest BCUT2D eigenvalue weighted by Crippen LogP contribution is -2.59. The van der Waals surface area contributed by atoms with Crippen molar-refractivity contribution in [2.24, 2.45) is 11.5 Å². The second-order valence-electron chi connectivity index (χ2n) is 18.4. The van der Waals surface area contributed by atoms with E-state index in [2.05, 4.69) is 67.8 Å². The Morgan fingerprint density at radius 1 is 0.548 bits per heavy atom. The van der Waals surface area contributed by atoms with Crippen LogP contribution < -0.4 is 48.7 Å². The van der Waals surface area contributed by atoms with E-state index in [1.54, 1.807) is 0 Å². The van der Waals surface area contributed by atoms with Gasteiger partial charge in [-0.25, -0.2) is 0 Å². The molecule has 22 nitrogen and oxygen atoms in total. The van der Waals surface area contributed by atoms with E-state index in [1.807, 2.05) is 0 Å². The molecular formula is C51H82N10O12. The summed E-state index contributed by atoms with van der Waals surface area (Å²) in [6.07, 6.45) is 19.4. The van der Waals surface area contributed by atoms with Crippen LogP contribution in [0.4, 0.5) is 0 Å². The average molecular weight is 1030 g/mol. The van der Waals surface area contributed by atoms with Gasteiger partial charge in [-0.1, -0.05) is 102 Å². The number of rotatable bonds is 37. The lowest BCUT2D eigenvalue weighted by atomic mass is 10.1. The number of nitrogens with two attached hydrogens (primary N) is 2. The van der Waals surface area contributed by atoms with Crippen molar-refractivity contribution in [3.63, 3.8) is 0 Å². The number of hydrogen-bond acceptors (Lipinski definition) is 11. The number of aliphatic carboxylic acids is 1. The van der Waals surface area contributed by atoms with Crippen molar-refractivity contribution < 1.29 is 57.8 Å². The van der Waals surface area contributed by atoms with Crippen molar-refractivity contribution in [3.05, 3.63) is 0 Å². The highest BCUT2D eigenvalue weighted by molar-refractivity contribution is 5.99. The number of primary amides is 2. The Labute approximate surface area is 430 Å². The summed E-state index contributed by atoms with van der Waals surface area (Å²) in [6, 6.07) is -8.21. The minimum atomic E-state index is -1.63. The van der Waals surface area contributed by atoms with E-state index in [4.69, 9.17) is 16.6 Å². The van der Waals surface area contributed by atoms with E-state index in [0.717, 1.165) is 56.3 Å². The molecule has 0 bridgehead atoms. The van der Waals surface area contributed by atoms with Crippen LogP contribution in [0.25, 0.3) is 0 Å². The first-order valence-electron chi connectivity index (χ1n) is 25.9. The van der Waals surface area contributed by atoms with E-state index in [-0.39, 0.29) is 31.7 Å². The van der Waals surface area contributed by atoms with E-state index < -0.39 is 121 Å². The van der Waals surface area contributed by atoms with Gasteiger partial charge >= 0.3 is 5.97 Å². The van der Waals surface area contributed by atoms with E-state index in [9.17, 15) is 52.7 Å². The summed E-state index contributed by atoms with van der Waals surface area (Å²) in [5, 5.41) is 25.1. The van der Waals surface area contributed by atoms with Gasteiger partial charge in [0.25, 0.3) is 0 Å². The maximum Gasteiger partial charge on any atom is 0.322 e. The van der Waals surface area contributed by atoms with Gasteiger partial charge in [0.1, 0.15) is 42.8 Å². The molecule has 1 rings (SSSR count). The Bertz CT molecular complexity index is 1980. The topological polar surface area (TPSA) is 347 Å². The minimum Gasteiger partial charge on any atom is -0.480 e. The molecule has 12 N–H and O–H groups in total. The van der Waals surface area contributed by atoms with Crippen LogP contribution in [0.5, 0.6) is 0 Å². The fourth-order valence-electron chi connectivity index (χ4n) is 7.72. The number of carbonyl (C=O) groups is 11. The van der Waals surface area contributed by atoms with Gasteiger partial charge in [0, 0.05) is 25.8 Å². The lowest BCUT2D eigenvalue weighted by molar-refractivity contribution is -0.143. The second-order valence-corrected chi connectivity index (χ2v) is 18.4. The molecule has 1 saturated heterocycles. The molecular weight excluding hydrogens is 945 g/mol. The summed E-state index contributed by atoms with van der Waals surface area (Å²) < 4.78 is 0. The van der Waals surface area contributed by atoms with Crippen molar-refractivity contribution in [2.45, 2.75) is 212 Å². The normalized spacial score (nSPS) is 14.7. The fraction of sp³-hybridized carbons (Fsp3) is 0.706. The highest BCUT2D eigenvalue weighted by Crippen LogP contribution is 2.20. The predicted molar refractivity (Wildman–Crippen MR) is 272 cm³/mol. The number of carbonyl (C=O) groups excluding carboxylic acids is 10. The maximum atomic E-state index is 13.8. The Morgan fingerprint density at radius 3 is 1.58 bits per heavy atom. The van der Waals surface area contributed by atoms with E-state index >= 15 is 0 Å². The van der Waals surface area contributed by atoms with Crippen molar-refractivity contribution in [1.29, 1.82) is 0 Å². The van der Waals surface area contributed by atoms with Crippen LogP contribution in [0, 0.1) is 23.7 Å². The largest absolute Gasteiger partial charge is 0.480 e. The molecule has 73 heavy (non-hydrogen) atoms. The van der Waals surface area contributed by atoms with Gasteiger partial charge in [-0.2, -0.15) is 0 Å². The number of unbranched alkanes of at least 4 members (excludes halogenated alkanes) is 16. The Balaban J connectivity index is 2.53. The van der Waals surface area contributed by atoms with Gasteiger partial charge in [0.05, 0.1) is 19.4 Å². The molecule has 6 atom stereocenters. The molecule has 0 spiro atoms. The lowest BCUT2D eigenvalue weighted by Gasteiger charge is -2.30. The zero-order valence-electron chi connectivity index (χ0n) is 43.4. The van der Waals surface area contributed by atoms with E-state index in [1.165, 1.54) is 78.6 Å². The minimum absolute atomic E-state index is 0.0122. The first-order valence-corrected chi connectivity index (χ1v) is 25.9. The van der Waals surface area contributed by atoms with Gasteiger partial charge < -0.3 is 58.7 Å². The molecule has 10 amide bonds. The van der Waals surface area contributed by atoms with Gasteiger partial charge in [-0.15, -0.1) is 0 Å².